The van der Waals surface area contributed by atoms with Gasteiger partial charge in [-0.2, -0.15) is 0 Å². The lowest BCUT2D eigenvalue weighted by atomic mass is 9.87. The van der Waals surface area contributed by atoms with Gasteiger partial charge in [0.2, 0.25) is 0 Å². The van der Waals surface area contributed by atoms with E-state index in [0.717, 1.165) is 5.75 Å². The topological polar surface area (TPSA) is 21.3 Å². The van der Waals surface area contributed by atoms with Gasteiger partial charge in [0.25, 0.3) is 0 Å². The maximum absolute atomic E-state index is 5.44. The van der Waals surface area contributed by atoms with Gasteiger partial charge < -0.3 is 10.1 Å². The van der Waals surface area contributed by atoms with Crippen LogP contribution in [0.25, 0.3) is 0 Å². The number of methoxy groups -OCH3 is 1. The van der Waals surface area contributed by atoms with E-state index in [1.54, 1.807) is 7.11 Å². The standard InChI is InChI=1S/C15H23NOS/c1-15(2)10-9-13(14(15)16-3)18-12-8-6-5-7-11(12)17-4/h5-8,13-14,16H,9-10H2,1-4H3. The fourth-order valence-electron chi connectivity index (χ4n) is 2.92. The number of benzene rings is 1. The van der Waals surface area contributed by atoms with Crippen molar-refractivity contribution in [2.75, 3.05) is 14.2 Å². The highest BCUT2D eigenvalue weighted by Gasteiger charge is 2.41. The van der Waals surface area contributed by atoms with Gasteiger partial charge in [-0.15, -0.1) is 11.8 Å². The van der Waals surface area contributed by atoms with Crippen LogP contribution >= 0.6 is 11.8 Å². The molecule has 2 unspecified atom stereocenters. The van der Waals surface area contributed by atoms with Crippen LogP contribution in [0.3, 0.4) is 0 Å². The van der Waals surface area contributed by atoms with E-state index in [9.17, 15) is 0 Å². The lowest BCUT2D eigenvalue weighted by Crippen LogP contribution is -2.41. The third-order valence-electron chi connectivity index (χ3n) is 3.95. The van der Waals surface area contributed by atoms with Crippen LogP contribution in [-0.4, -0.2) is 25.4 Å². The fraction of sp³-hybridized carbons (Fsp3) is 0.600. The molecule has 1 aliphatic carbocycles. The van der Waals surface area contributed by atoms with Crippen molar-refractivity contribution in [2.24, 2.45) is 5.41 Å². The Balaban J connectivity index is 2.14. The Bertz CT molecular complexity index is 405. The van der Waals surface area contributed by atoms with Gasteiger partial charge in [0.15, 0.2) is 0 Å². The molecule has 0 amide bonds. The van der Waals surface area contributed by atoms with Crippen molar-refractivity contribution in [3.8, 4) is 5.75 Å². The normalized spacial score (nSPS) is 26.2. The molecule has 0 aliphatic heterocycles. The molecule has 1 fully saturated rings. The number of ether oxygens (including phenoxy) is 1. The molecule has 0 spiro atoms. The van der Waals surface area contributed by atoms with Crippen molar-refractivity contribution in [3.05, 3.63) is 24.3 Å². The first-order chi connectivity index (χ1) is 8.58. The first-order valence-corrected chi connectivity index (χ1v) is 7.43. The van der Waals surface area contributed by atoms with E-state index >= 15 is 0 Å². The van der Waals surface area contributed by atoms with Crippen LogP contribution in [0.15, 0.2) is 29.2 Å². The van der Waals surface area contributed by atoms with Gasteiger partial charge in [0.05, 0.1) is 7.11 Å². The predicted molar refractivity (Wildman–Crippen MR) is 78.5 cm³/mol. The quantitative estimate of drug-likeness (QED) is 0.899. The first kappa shape index (κ1) is 13.8. The predicted octanol–water partition coefficient (Wildman–Crippen LogP) is 3.56. The monoisotopic (exact) mass is 265 g/mol. The molecular weight excluding hydrogens is 242 g/mol. The van der Waals surface area contributed by atoms with Gasteiger partial charge in [-0.1, -0.05) is 26.0 Å². The average Bonchev–Trinajstić information content (AvgIpc) is 2.64. The zero-order valence-electron chi connectivity index (χ0n) is 11.7. The van der Waals surface area contributed by atoms with Crippen LogP contribution in [0.1, 0.15) is 26.7 Å². The molecule has 0 heterocycles. The molecule has 2 nitrogen and oxygen atoms in total. The van der Waals surface area contributed by atoms with E-state index in [-0.39, 0.29) is 0 Å². The Hall–Kier alpha value is -0.670. The molecule has 0 saturated heterocycles. The van der Waals surface area contributed by atoms with Gasteiger partial charge >= 0.3 is 0 Å². The number of thioether (sulfide) groups is 1. The summed E-state index contributed by atoms with van der Waals surface area (Å²) in [5, 5.41) is 4.13. The molecule has 1 saturated carbocycles. The van der Waals surface area contributed by atoms with Gasteiger partial charge in [0.1, 0.15) is 5.75 Å². The van der Waals surface area contributed by atoms with Crippen LogP contribution in [0.5, 0.6) is 5.75 Å². The first-order valence-electron chi connectivity index (χ1n) is 6.55. The summed E-state index contributed by atoms with van der Waals surface area (Å²) in [4.78, 5) is 1.25. The molecule has 0 bridgehead atoms. The van der Waals surface area contributed by atoms with Gasteiger partial charge in [0, 0.05) is 16.2 Å². The van der Waals surface area contributed by atoms with Crippen molar-refractivity contribution < 1.29 is 4.74 Å². The van der Waals surface area contributed by atoms with Gasteiger partial charge in [-0.25, -0.2) is 0 Å². The Morgan fingerprint density at radius 3 is 2.72 bits per heavy atom. The number of rotatable bonds is 4. The largest absolute Gasteiger partial charge is 0.496 e. The third kappa shape index (κ3) is 2.67. The van der Waals surface area contributed by atoms with Crippen molar-refractivity contribution >= 4 is 11.8 Å². The molecule has 2 rings (SSSR count). The molecule has 100 valence electrons. The van der Waals surface area contributed by atoms with E-state index in [4.69, 9.17) is 4.74 Å². The summed E-state index contributed by atoms with van der Waals surface area (Å²) in [5.74, 6) is 0.988. The Morgan fingerprint density at radius 2 is 2.06 bits per heavy atom. The summed E-state index contributed by atoms with van der Waals surface area (Å²) < 4.78 is 5.44. The number of hydrogen-bond acceptors (Lipinski definition) is 3. The smallest absolute Gasteiger partial charge is 0.132 e. The van der Waals surface area contributed by atoms with E-state index < -0.39 is 0 Å². The molecule has 2 atom stereocenters. The number of nitrogens with one attached hydrogen (secondary N) is 1. The minimum absolute atomic E-state index is 0.383. The van der Waals surface area contributed by atoms with E-state index in [1.807, 2.05) is 23.9 Å². The lowest BCUT2D eigenvalue weighted by Gasteiger charge is -2.30. The molecule has 18 heavy (non-hydrogen) atoms. The van der Waals surface area contributed by atoms with Crippen molar-refractivity contribution in [3.63, 3.8) is 0 Å². The molecule has 0 aromatic heterocycles. The molecule has 1 aromatic carbocycles. The molecule has 3 heteroatoms. The van der Waals surface area contributed by atoms with Crippen molar-refractivity contribution in [2.45, 2.75) is 42.9 Å². The molecule has 1 N–H and O–H groups in total. The maximum Gasteiger partial charge on any atom is 0.132 e. The minimum atomic E-state index is 0.383. The van der Waals surface area contributed by atoms with Crippen molar-refractivity contribution in [1.29, 1.82) is 0 Å². The summed E-state index contributed by atoms with van der Waals surface area (Å²) in [6, 6.07) is 8.86. The summed E-state index contributed by atoms with van der Waals surface area (Å²) in [7, 11) is 3.82. The van der Waals surface area contributed by atoms with E-state index in [2.05, 4.69) is 38.3 Å². The lowest BCUT2D eigenvalue weighted by molar-refractivity contribution is 0.300. The third-order valence-corrected chi connectivity index (χ3v) is 5.35. The number of hydrogen-bond donors (Lipinski definition) is 1. The van der Waals surface area contributed by atoms with Gasteiger partial charge in [-0.05, 0) is 37.4 Å². The molecule has 0 radical (unpaired) electrons. The van der Waals surface area contributed by atoms with Crippen LogP contribution < -0.4 is 10.1 Å². The SMILES string of the molecule is CNC1C(Sc2ccccc2OC)CCC1(C)C. The van der Waals surface area contributed by atoms with Gasteiger partial charge in [-0.3, -0.25) is 0 Å². The molecule has 1 aromatic rings. The maximum atomic E-state index is 5.44. The second kappa shape index (κ2) is 5.54. The summed E-state index contributed by atoms with van der Waals surface area (Å²) >= 11 is 1.95. The summed E-state index contributed by atoms with van der Waals surface area (Å²) in [6.07, 6.45) is 2.55. The van der Waals surface area contributed by atoms with E-state index in [0.29, 0.717) is 16.7 Å². The zero-order valence-corrected chi connectivity index (χ0v) is 12.5. The minimum Gasteiger partial charge on any atom is -0.496 e. The van der Waals surface area contributed by atoms with Crippen molar-refractivity contribution in [1.82, 2.24) is 5.32 Å². The van der Waals surface area contributed by atoms with Crippen LogP contribution in [-0.2, 0) is 0 Å². The molecular formula is C15H23NOS. The van der Waals surface area contributed by atoms with Crippen LogP contribution in [0.4, 0.5) is 0 Å². The van der Waals surface area contributed by atoms with Crippen LogP contribution in [0, 0.1) is 5.41 Å². The second-order valence-corrected chi connectivity index (χ2v) is 6.88. The fourth-order valence-corrected chi connectivity index (χ4v) is 4.55. The summed E-state index contributed by atoms with van der Waals surface area (Å²) in [5.41, 5.74) is 0.383. The van der Waals surface area contributed by atoms with E-state index in [1.165, 1.54) is 17.7 Å². The molecule has 1 aliphatic rings. The summed E-state index contributed by atoms with van der Waals surface area (Å²) in [6.45, 7) is 4.72. The Labute approximate surface area is 114 Å². The zero-order chi connectivity index (χ0) is 13.2. The van der Waals surface area contributed by atoms with Crippen LogP contribution in [0.2, 0.25) is 0 Å². The second-order valence-electron chi connectivity index (χ2n) is 5.60. The Morgan fingerprint density at radius 1 is 1.33 bits per heavy atom. The average molecular weight is 265 g/mol. The highest BCUT2D eigenvalue weighted by atomic mass is 32.2. The highest BCUT2D eigenvalue weighted by Crippen LogP contribution is 2.46. The number of para-hydroxylation sites is 1. The highest BCUT2D eigenvalue weighted by molar-refractivity contribution is 8.00. The Kier molecular flexibility index (Phi) is 4.23.